The van der Waals surface area contributed by atoms with E-state index in [2.05, 4.69) is 5.32 Å². The molecule has 1 unspecified atom stereocenters. The largest absolute Gasteiger partial charge is 0.480 e. The van der Waals surface area contributed by atoms with Crippen LogP contribution in [0.2, 0.25) is 0 Å². The van der Waals surface area contributed by atoms with Gasteiger partial charge in [-0.25, -0.2) is 0 Å². The lowest BCUT2D eigenvalue weighted by Gasteiger charge is -2.17. The fourth-order valence-corrected chi connectivity index (χ4v) is 1.42. The van der Waals surface area contributed by atoms with Crippen molar-refractivity contribution in [2.75, 3.05) is 0 Å². The highest BCUT2D eigenvalue weighted by atomic mass is 16.5. The molecule has 0 spiro atoms. The van der Waals surface area contributed by atoms with Gasteiger partial charge in [-0.1, -0.05) is 12.1 Å². The number of primary amides is 1. The second-order valence-electron chi connectivity index (χ2n) is 4.28. The highest BCUT2D eigenvalue weighted by Crippen LogP contribution is 2.18. The number of nitrogens with one attached hydrogen (secondary N) is 1. The third-order valence-electron chi connectivity index (χ3n) is 2.26. The summed E-state index contributed by atoms with van der Waals surface area (Å²) < 4.78 is 5.46. The topological polar surface area (TPSA) is 81.4 Å². The number of hydrogen-bond acceptors (Lipinski definition) is 3. The molecule has 1 rings (SSSR count). The molecule has 0 heterocycles. The Bertz CT molecular complexity index is 444. The van der Waals surface area contributed by atoms with Gasteiger partial charge >= 0.3 is 0 Å². The fourth-order valence-electron chi connectivity index (χ4n) is 1.42. The quantitative estimate of drug-likeness (QED) is 0.820. The summed E-state index contributed by atoms with van der Waals surface area (Å²) in [6.45, 7) is 5.35. The van der Waals surface area contributed by atoms with Crippen LogP contribution in [-0.2, 0) is 4.79 Å². The molecule has 0 radical (unpaired) electrons. The van der Waals surface area contributed by atoms with E-state index in [1.807, 2.05) is 13.8 Å². The number of carbonyl (C=O) groups excluding carboxylic acids is 2. The second kappa shape index (κ2) is 6.05. The van der Waals surface area contributed by atoms with Gasteiger partial charge in [-0.05, 0) is 32.9 Å². The zero-order valence-corrected chi connectivity index (χ0v) is 10.8. The lowest BCUT2D eigenvalue weighted by molar-refractivity contribution is -0.127. The summed E-state index contributed by atoms with van der Waals surface area (Å²) in [5.74, 6) is -0.497. The summed E-state index contributed by atoms with van der Waals surface area (Å²) in [6.07, 6.45) is -0.687. The number of rotatable bonds is 5. The van der Waals surface area contributed by atoms with Crippen LogP contribution in [0, 0.1) is 0 Å². The maximum Gasteiger partial charge on any atom is 0.260 e. The van der Waals surface area contributed by atoms with Crippen molar-refractivity contribution in [1.29, 1.82) is 0 Å². The van der Waals surface area contributed by atoms with Crippen LogP contribution in [0.1, 0.15) is 31.1 Å². The van der Waals surface area contributed by atoms with E-state index < -0.39 is 12.0 Å². The Morgan fingerprint density at radius 3 is 2.39 bits per heavy atom. The monoisotopic (exact) mass is 250 g/mol. The molecule has 0 saturated heterocycles. The van der Waals surface area contributed by atoms with Gasteiger partial charge in [0.2, 0.25) is 0 Å². The molecule has 0 aliphatic heterocycles. The molecule has 0 aliphatic carbocycles. The molecule has 98 valence electrons. The molecular formula is C13H18N2O3. The number of hydrogen-bond donors (Lipinski definition) is 2. The van der Waals surface area contributed by atoms with Crippen molar-refractivity contribution in [1.82, 2.24) is 5.32 Å². The maximum absolute atomic E-state index is 11.7. The highest BCUT2D eigenvalue weighted by Gasteiger charge is 2.18. The van der Waals surface area contributed by atoms with Crippen LogP contribution in [0.4, 0.5) is 0 Å². The zero-order valence-electron chi connectivity index (χ0n) is 10.8. The first-order valence-electron chi connectivity index (χ1n) is 5.77. The van der Waals surface area contributed by atoms with Crippen molar-refractivity contribution < 1.29 is 14.3 Å². The van der Waals surface area contributed by atoms with Gasteiger partial charge in [-0.15, -0.1) is 0 Å². The van der Waals surface area contributed by atoms with E-state index >= 15 is 0 Å². The summed E-state index contributed by atoms with van der Waals surface area (Å²) in [5.41, 5.74) is 5.49. The van der Waals surface area contributed by atoms with Crippen molar-refractivity contribution in [3.05, 3.63) is 29.8 Å². The van der Waals surface area contributed by atoms with Crippen LogP contribution in [0.25, 0.3) is 0 Å². The second-order valence-corrected chi connectivity index (χ2v) is 4.28. The van der Waals surface area contributed by atoms with Gasteiger partial charge in [0.15, 0.2) is 6.10 Å². The number of carbonyl (C=O) groups is 2. The van der Waals surface area contributed by atoms with Crippen molar-refractivity contribution in [3.63, 3.8) is 0 Å². The van der Waals surface area contributed by atoms with E-state index in [-0.39, 0.29) is 17.5 Å². The van der Waals surface area contributed by atoms with E-state index in [1.54, 1.807) is 31.2 Å². The third kappa shape index (κ3) is 3.76. The number of para-hydroxylation sites is 1. The van der Waals surface area contributed by atoms with Gasteiger partial charge in [-0.3, -0.25) is 9.59 Å². The fraction of sp³-hybridized carbons (Fsp3) is 0.385. The summed E-state index contributed by atoms with van der Waals surface area (Å²) >= 11 is 0. The average molecular weight is 250 g/mol. The normalized spacial score (nSPS) is 12.0. The van der Waals surface area contributed by atoms with E-state index in [0.29, 0.717) is 5.75 Å². The van der Waals surface area contributed by atoms with Crippen LogP contribution in [0.3, 0.4) is 0 Å². The Balaban J connectivity index is 2.78. The minimum absolute atomic E-state index is 0.0370. The van der Waals surface area contributed by atoms with Gasteiger partial charge < -0.3 is 15.8 Å². The van der Waals surface area contributed by atoms with E-state index in [9.17, 15) is 9.59 Å². The van der Waals surface area contributed by atoms with Gasteiger partial charge in [-0.2, -0.15) is 0 Å². The predicted octanol–water partition coefficient (Wildman–Crippen LogP) is 1.08. The number of benzene rings is 1. The Morgan fingerprint density at radius 2 is 1.83 bits per heavy atom. The summed E-state index contributed by atoms with van der Waals surface area (Å²) in [6, 6.07) is 6.61. The first kappa shape index (κ1) is 14.0. The minimum Gasteiger partial charge on any atom is -0.480 e. The molecule has 1 atom stereocenters. The number of amides is 2. The van der Waals surface area contributed by atoms with Crippen molar-refractivity contribution in [2.24, 2.45) is 5.73 Å². The number of ether oxygens (including phenoxy) is 1. The standard InChI is InChI=1S/C13H18N2O3/c1-8(2)15-13(17)9(3)18-11-7-5-4-6-10(11)12(14)16/h4-9H,1-3H3,(H2,14,16)(H,15,17). The summed E-state index contributed by atoms with van der Waals surface area (Å²) in [7, 11) is 0. The lowest BCUT2D eigenvalue weighted by Crippen LogP contribution is -2.40. The molecule has 0 saturated carbocycles. The molecule has 1 aromatic carbocycles. The van der Waals surface area contributed by atoms with E-state index in [1.165, 1.54) is 0 Å². The SMILES string of the molecule is CC(C)NC(=O)C(C)Oc1ccccc1C(N)=O. The summed E-state index contributed by atoms with van der Waals surface area (Å²) in [4.78, 5) is 22.9. The molecular weight excluding hydrogens is 232 g/mol. The molecule has 5 heteroatoms. The van der Waals surface area contributed by atoms with Crippen LogP contribution in [0.15, 0.2) is 24.3 Å². The minimum atomic E-state index is -0.687. The predicted molar refractivity (Wildman–Crippen MR) is 68.3 cm³/mol. The van der Waals surface area contributed by atoms with Gasteiger partial charge in [0.25, 0.3) is 11.8 Å². The molecule has 0 aromatic heterocycles. The average Bonchev–Trinajstić information content (AvgIpc) is 2.28. The Morgan fingerprint density at radius 1 is 1.22 bits per heavy atom. The van der Waals surface area contributed by atoms with Gasteiger partial charge in [0.1, 0.15) is 5.75 Å². The van der Waals surface area contributed by atoms with Crippen molar-refractivity contribution in [3.8, 4) is 5.75 Å². The van der Waals surface area contributed by atoms with Crippen molar-refractivity contribution in [2.45, 2.75) is 32.9 Å². The molecule has 0 aliphatic rings. The van der Waals surface area contributed by atoms with Gasteiger partial charge in [0, 0.05) is 6.04 Å². The van der Waals surface area contributed by atoms with Crippen LogP contribution >= 0.6 is 0 Å². The lowest BCUT2D eigenvalue weighted by atomic mass is 10.2. The summed E-state index contributed by atoms with van der Waals surface area (Å²) in [5, 5.41) is 2.73. The van der Waals surface area contributed by atoms with E-state index in [0.717, 1.165) is 0 Å². The van der Waals surface area contributed by atoms with Crippen molar-refractivity contribution >= 4 is 11.8 Å². The van der Waals surface area contributed by atoms with Crippen LogP contribution < -0.4 is 15.8 Å². The molecule has 3 N–H and O–H groups in total. The Labute approximate surface area is 106 Å². The Kier molecular flexibility index (Phi) is 4.71. The Hall–Kier alpha value is -2.04. The maximum atomic E-state index is 11.7. The molecule has 0 bridgehead atoms. The highest BCUT2D eigenvalue weighted by molar-refractivity contribution is 5.95. The molecule has 1 aromatic rings. The van der Waals surface area contributed by atoms with Crippen LogP contribution in [-0.4, -0.2) is 24.0 Å². The smallest absolute Gasteiger partial charge is 0.260 e. The molecule has 2 amide bonds. The number of nitrogens with two attached hydrogens (primary N) is 1. The molecule has 18 heavy (non-hydrogen) atoms. The molecule has 0 fully saturated rings. The van der Waals surface area contributed by atoms with E-state index in [4.69, 9.17) is 10.5 Å². The zero-order chi connectivity index (χ0) is 13.7. The first-order chi connectivity index (χ1) is 8.41. The molecule has 5 nitrogen and oxygen atoms in total. The third-order valence-corrected chi connectivity index (χ3v) is 2.26. The van der Waals surface area contributed by atoms with Crippen LogP contribution in [0.5, 0.6) is 5.75 Å². The first-order valence-corrected chi connectivity index (χ1v) is 5.77. The van der Waals surface area contributed by atoms with Gasteiger partial charge in [0.05, 0.1) is 5.56 Å².